The molecule has 0 aliphatic carbocycles. The van der Waals surface area contributed by atoms with E-state index in [9.17, 15) is 4.79 Å². The van der Waals surface area contributed by atoms with Crippen molar-refractivity contribution < 1.29 is 0 Å². The van der Waals surface area contributed by atoms with E-state index in [1.807, 2.05) is 6.92 Å². The van der Waals surface area contributed by atoms with Gasteiger partial charge in [0, 0.05) is 5.56 Å². The van der Waals surface area contributed by atoms with Gasteiger partial charge in [-0.1, -0.05) is 11.8 Å². The molecular formula is C7H9ClN2OS. The number of alkyl halides is 1. The van der Waals surface area contributed by atoms with Gasteiger partial charge in [-0.2, -0.15) is 0 Å². The van der Waals surface area contributed by atoms with Crippen molar-refractivity contribution in [3.63, 3.8) is 0 Å². The lowest BCUT2D eigenvalue weighted by Crippen LogP contribution is -2.11. The van der Waals surface area contributed by atoms with Crippen LogP contribution < -0.4 is 5.56 Å². The summed E-state index contributed by atoms with van der Waals surface area (Å²) in [5, 5.41) is 0.696. The van der Waals surface area contributed by atoms with Crippen molar-refractivity contribution in [2.45, 2.75) is 23.6 Å². The third-order valence-electron chi connectivity index (χ3n) is 1.31. The van der Waals surface area contributed by atoms with E-state index in [1.165, 1.54) is 18.1 Å². The summed E-state index contributed by atoms with van der Waals surface area (Å²) in [7, 11) is 0. The van der Waals surface area contributed by atoms with Crippen LogP contribution in [0, 0.1) is 6.92 Å². The summed E-state index contributed by atoms with van der Waals surface area (Å²) in [6.07, 6.45) is 1.39. The summed E-state index contributed by atoms with van der Waals surface area (Å²) >= 11 is 7.12. The second-order valence-electron chi connectivity index (χ2n) is 2.32. The van der Waals surface area contributed by atoms with E-state index in [1.54, 1.807) is 6.92 Å². The standard InChI is InChI=1S/C7H9ClN2OS/c1-4-6(11)9-3-10-7(4)12-5(2)8/h3,5H,1-2H3,(H,9,10,11). The number of hydrogen-bond acceptors (Lipinski definition) is 3. The molecule has 0 radical (unpaired) electrons. The molecule has 0 spiro atoms. The van der Waals surface area contributed by atoms with Gasteiger partial charge >= 0.3 is 0 Å². The number of nitrogens with one attached hydrogen (secondary N) is 1. The van der Waals surface area contributed by atoms with E-state index in [0.717, 1.165) is 0 Å². The summed E-state index contributed by atoms with van der Waals surface area (Å²) in [5.74, 6) is 0. The predicted molar refractivity (Wildman–Crippen MR) is 50.8 cm³/mol. The fourth-order valence-electron chi connectivity index (χ4n) is 0.724. The maximum absolute atomic E-state index is 11.1. The number of rotatable bonds is 2. The third kappa shape index (κ3) is 2.25. The van der Waals surface area contributed by atoms with Crippen LogP contribution in [0.4, 0.5) is 0 Å². The summed E-state index contributed by atoms with van der Waals surface area (Å²) < 4.78 is -0.0713. The van der Waals surface area contributed by atoms with Crippen LogP contribution in [0.2, 0.25) is 0 Å². The number of H-pyrrole nitrogens is 1. The van der Waals surface area contributed by atoms with E-state index in [2.05, 4.69) is 9.97 Å². The van der Waals surface area contributed by atoms with Gasteiger partial charge in [-0.15, -0.1) is 11.6 Å². The van der Waals surface area contributed by atoms with Crippen molar-refractivity contribution in [1.29, 1.82) is 0 Å². The first-order valence-electron chi connectivity index (χ1n) is 3.46. The molecule has 0 bridgehead atoms. The minimum atomic E-state index is -0.107. The molecule has 1 aromatic rings. The van der Waals surface area contributed by atoms with Gasteiger partial charge in [-0.3, -0.25) is 4.79 Å². The van der Waals surface area contributed by atoms with Crippen LogP contribution in [0.5, 0.6) is 0 Å². The SMILES string of the molecule is Cc1c(SC(C)Cl)nc[nH]c1=O. The highest BCUT2D eigenvalue weighted by molar-refractivity contribution is 8.01. The normalized spacial score (nSPS) is 12.9. The molecule has 1 aromatic heterocycles. The molecule has 1 unspecified atom stereocenters. The predicted octanol–water partition coefficient (Wildman–Crippen LogP) is 1.76. The average Bonchev–Trinajstić information content (AvgIpc) is 1.98. The molecule has 0 aliphatic heterocycles. The molecule has 0 aliphatic rings. The highest BCUT2D eigenvalue weighted by Gasteiger charge is 2.06. The quantitative estimate of drug-likeness (QED) is 0.454. The Morgan fingerprint density at radius 3 is 3.00 bits per heavy atom. The van der Waals surface area contributed by atoms with Gasteiger partial charge in [-0.05, 0) is 13.8 Å². The Morgan fingerprint density at radius 1 is 1.75 bits per heavy atom. The zero-order valence-electron chi connectivity index (χ0n) is 6.80. The van der Waals surface area contributed by atoms with Gasteiger partial charge in [-0.25, -0.2) is 4.98 Å². The van der Waals surface area contributed by atoms with Gasteiger partial charge in [0.2, 0.25) is 0 Å². The Morgan fingerprint density at radius 2 is 2.42 bits per heavy atom. The van der Waals surface area contributed by atoms with Crippen molar-refractivity contribution in [1.82, 2.24) is 9.97 Å². The van der Waals surface area contributed by atoms with Gasteiger partial charge < -0.3 is 4.98 Å². The molecule has 66 valence electrons. The van der Waals surface area contributed by atoms with E-state index in [0.29, 0.717) is 10.6 Å². The smallest absolute Gasteiger partial charge is 0.254 e. The van der Waals surface area contributed by atoms with Gasteiger partial charge in [0.1, 0.15) is 5.03 Å². The summed E-state index contributed by atoms with van der Waals surface area (Å²) in [6.45, 7) is 3.57. The van der Waals surface area contributed by atoms with Crippen LogP contribution in [-0.4, -0.2) is 14.7 Å². The second kappa shape index (κ2) is 3.96. The van der Waals surface area contributed by atoms with Crippen molar-refractivity contribution in [2.24, 2.45) is 0 Å². The van der Waals surface area contributed by atoms with Gasteiger partial charge in [0.15, 0.2) is 0 Å². The number of nitrogens with zero attached hydrogens (tertiary/aromatic N) is 1. The zero-order chi connectivity index (χ0) is 9.14. The Balaban J connectivity index is 3.00. The van der Waals surface area contributed by atoms with Crippen LogP contribution in [0.15, 0.2) is 16.1 Å². The van der Waals surface area contributed by atoms with Gasteiger partial charge in [0.25, 0.3) is 5.56 Å². The molecule has 1 atom stereocenters. The number of halogens is 1. The Kier molecular flexibility index (Phi) is 3.17. The molecule has 0 amide bonds. The van der Waals surface area contributed by atoms with Crippen LogP contribution in [0.3, 0.4) is 0 Å². The number of aromatic nitrogens is 2. The molecular weight excluding hydrogens is 196 g/mol. The Labute approximate surface area is 79.6 Å². The first kappa shape index (κ1) is 9.61. The molecule has 12 heavy (non-hydrogen) atoms. The second-order valence-corrected chi connectivity index (χ2v) is 4.57. The van der Waals surface area contributed by atoms with Crippen LogP contribution in [-0.2, 0) is 0 Å². The minimum Gasteiger partial charge on any atom is -0.313 e. The lowest BCUT2D eigenvalue weighted by molar-refractivity contribution is 0.967. The van der Waals surface area contributed by atoms with E-state index >= 15 is 0 Å². The lowest BCUT2D eigenvalue weighted by atomic mass is 10.4. The van der Waals surface area contributed by atoms with Crippen LogP contribution in [0.25, 0.3) is 0 Å². The number of aromatic amines is 1. The zero-order valence-corrected chi connectivity index (χ0v) is 8.37. The van der Waals surface area contributed by atoms with Crippen molar-refractivity contribution >= 4 is 23.4 Å². The first-order valence-corrected chi connectivity index (χ1v) is 4.78. The molecule has 1 rings (SSSR count). The monoisotopic (exact) mass is 204 g/mol. The first-order chi connectivity index (χ1) is 5.61. The molecule has 0 fully saturated rings. The minimum absolute atomic E-state index is 0.0713. The van der Waals surface area contributed by atoms with E-state index < -0.39 is 0 Å². The maximum Gasteiger partial charge on any atom is 0.254 e. The molecule has 1 N–H and O–H groups in total. The van der Waals surface area contributed by atoms with E-state index in [4.69, 9.17) is 11.6 Å². The molecule has 0 saturated heterocycles. The Hall–Kier alpha value is -0.480. The fraction of sp³-hybridized carbons (Fsp3) is 0.429. The molecule has 1 heterocycles. The summed E-state index contributed by atoms with van der Waals surface area (Å²) in [5.41, 5.74) is 0.514. The summed E-state index contributed by atoms with van der Waals surface area (Å²) in [6, 6.07) is 0. The van der Waals surface area contributed by atoms with Crippen LogP contribution in [0.1, 0.15) is 12.5 Å². The maximum atomic E-state index is 11.1. The number of thioether (sulfide) groups is 1. The topological polar surface area (TPSA) is 45.8 Å². The third-order valence-corrected chi connectivity index (χ3v) is 2.54. The van der Waals surface area contributed by atoms with Crippen molar-refractivity contribution in [3.8, 4) is 0 Å². The molecule has 0 aromatic carbocycles. The van der Waals surface area contributed by atoms with E-state index in [-0.39, 0.29) is 10.3 Å². The van der Waals surface area contributed by atoms with Crippen molar-refractivity contribution in [3.05, 3.63) is 22.2 Å². The molecule has 3 nitrogen and oxygen atoms in total. The highest BCUT2D eigenvalue weighted by atomic mass is 35.5. The average molecular weight is 205 g/mol. The Bertz CT molecular complexity index is 323. The summed E-state index contributed by atoms with van der Waals surface area (Å²) in [4.78, 5) is 17.6. The largest absolute Gasteiger partial charge is 0.313 e. The fourth-order valence-corrected chi connectivity index (χ4v) is 1.67. The van der Waals surface area contributed by atoms with Crippen molar-refractivity contribution in [2.75, 3.05) is 0 Å². The molecule has 0 saturated carbocycles. The van der Waals surface area contributed by atoms with Crippen LogP contribution >= 0.6 is 23.4 Å². The number of hydrogen-bond donors (Lipinski definition) is 1. The lowest BCUT2D eigenvalue weighted by Gasteiger charge is -2.03. The van der Waals surface area contributed by atoms with Gasteiger partial charge in [0.05, 0.1) is 11.0 Å². The molecule has 5 heteroatoms. The highest BCUT2D eigenvalue weighted by Crippen LogP contribution is 2.23.